The molecule has 3 aliphatic carbocycles. The maximum atomic E-state index is 6.39. The lowest BCUT2D eigenvalue weighted by Gasteiger charge is -2.38. The maximum absolute atomic E-state index is 6.39. The van der Waals surface area contributed by atoms with Crippen molar-refractivity contribution in [1.29, 1.82) is 0 Å². The SMILES string of the molecule is CC1(C)OB(C2=CC3=C(CC2)c2ccccc2C32CCCCC2)OC1(C)C. The molecule has 0 amide bonds. The van der Waals surface area contributed by atoms with Crippen molar-refractivity contribution < 1.29 is 9.31 Å². The van der Waals surface area contributed by atoms with Crippen LogP contribution in [0.15, 0.2) is 41.4 Å². The summed E-state index contributed by atoms with van der Waals surface area (Å²) in [6.45, 7) is 8.59. The van der Waals surface area contributed by atoms with Crippen molar-refractivity contribution in [2.75, 3.05) is 0 Å². The summed E-state index contributed by atoms with van der Waals surface area (Å²) in [5.41, 5.74) is 7.30. The molecule has 2 nitrogen and oxygen atoms in total. The van der Waals surface area contributed by atoms with Crippen molar-refractivity contribution in [3.63, 3.8) is 0 Å². The van der Waals surface area contributed by atoms with E-state index in [1.54, 1.807) is 16.7 Å². The zero-order valence-electron chi connectivity index (χ0n) is 17.2. The van der Waals surface area contributed by atoms with Crippen LogP contribution >= 0.6 is 0 Å². The second-order valence-corrected chi connectivity index (χ2v) is 9.89. The molecule has 1 saturated carbocycles. The Kier molecular flexibility index (Phi) is 3.84. The Morgan fingerprint density at radius 2 is 1.52 bits per heavy atom. The van der Waals surface area contributed by atoms with Crippen LogP contribution in [0.25, 0.3) is 5.57 Å². The van der Waals surface area contributed by atoms with Gasteiger partial charge < -0.3 is 9.31 Å². The highest BCUT2D eigenvalue weighted by Crippen LogP contribution is 2.57. The van der Waals surface area contributed by atoms with Gasteiger partial charge in [-0.05, 0) is 81.1 Å². The lowest BCUT2D eigenvalue weighted by atomic mass is 9.63. The molecule has 1 heterocycles. The number of hydrogen-bond donors (Lipinski definition) is 0. The predicted octanol–water partition coefficient (Wildman–Crippen LogP) is 6.01. The molecule has 0 atom stereocenters. The van der Waals surface area contributed by atoms with Crippen molar-refractivity contribution in [1.82, 2.24) is 0 Å². The first-order valence-corrected chi connectivity index (χ1v) is 10.7. The van der Waals surface area contributed by atoms with Crippen LogP contribution in [0, 0.1) is 0 Å². The van der Waals surface area contributed by atoms with E-state index in [2.05, 4.69) is 58.0 Å². The number of benzene rings is 1. The number of rotatable bonds is 1. The third-order valence-electron chi connectivity index (χ3n) is 7.86. The molecule has 0 aromatic heterocycles. The second-order valence-electron chi connectivity index (χ2n) is 9.89. The van der Waals surface area contributed by atoms with Gasteiger partial charge in [-0.3, -0.25) is 0 Å². The smallest absolute Gasteiger partial charge is 0.400 e. The van der Waals surface area contributed by atoms with Crippen molar-refractivity contribution in [2.45, 2.75) is 89.3 Å². The quantitative estimate of drug-likeness (QED) is 0.570. The minimum Gasteiger partial charge on any atom is -0.400 e. The molecule has 1 aliphatic heterocycles. The normalized spacial score (nSPS) is 27.6. The Morgan fingerprint density at radius 1 is 0.852 bits per heavy atom. The van der Waals surface area contributed by atoms with Gasteiger partial charge in [0, 0.05) is 5.41 Å². The van der Waals surface area contributed by atoms with Gasteiger partial charge in [-0.2, -0.15) is 0 Å². The minimum atomic E-state index is -0.270. The van der Waals surface area contributed by atoms with Crippen LogP contribution in [-0.4, -0.2) is 18.3 Å². The van der Waals surface area contributed by atoms with Crippen LogP contribution < -0.4 is 0 Å². The first kappa shape index (κ1) is 17.8. The zero-order chi connectivity index (χ0) is 18.9. The van der Waals surface area contributed by atoms with Crippen molar-refractivity contribution in [3.05, 3.63) is 52.5 Å². The minimum absolute atomic E-state index is 0.201. The average molecular weight is 362 g/mol. The van der Waals surface area contributed by atoms with Crippen LogP contribution in [0.4, 0.5) is 0 Å². The Balaban J connectivity index is 1.57. The molecular weight excluding hydrogens is 331 g/mol. The van der Waals surface area contributed by atoms with E-state index in [0.717, 1.165) is 12.8 Å². The van der Waals surface area contributed by atoms with Gasteiger partial charge in [0.1, 0.15) is 0 Å². The van der Waals surface area contributed by atoms with E-state index >= 15 is 0 Å². The van der Waals surface area contributed by atoms with Crippen LogP contribution in [0.2, 0.25) is 0 Å². The molecule has 0 N–H and O–H groups in total. The highest BCUT2D eigenvalue weighted by atomic mass is 16.7. The van der Waals surface area contributed by atoms with E-state index in [-0.39, 0.29) is 23.7 Å². The molecule has 142 valence electrons. The summed E-state index contributed by atoms with van der Waals surface area (Å²) < 4.78 is 12.8. The Hall–Kier alpha value is -1.32. The summed E-state index contributed by atoms with van der Waals surface area (Å²) in [5, 5.41) is 0. The molecule has 1 saturated heterocycles. The molecule has 1 aromatic rings. The number of allylic oxidation sites excluding steroid dienone is 4. The molecule has 0 bridgehead atoms. The molecule has 0 radical (unpaired) electrons. The molecule has 2 fully saturated rings. The summed E-state index contributed by atoms with van der Waals surface area (Å²) in [7, 11) is -0.201. The topological polar surface area (TPSA) is 18.5 Å². The predicted molar refractivity (Wildman–Crippen MR) is 112 cm³/mol. The fourth-order valence-corrected chi connectivity index (χ4v) is 5.64. The summed E-state index contributed by atoms with van der Waals surface area (Å²) in [6.07, 6.45) is 11.3. The largest absolute Gasteiger partial charge is 0.490 e. The van der Waals surface area contributed by atoms with Gasteiger partial charge in [0.2, 0.25) is 0 Å². The number of fused-ring (bicyclic) bond motifs is 4. The monoisotopic (exact) mass is 362 g/mol. The molecule has 1 spiro atoms. The summed E-state index contributed by atoms with van der Waals surface area (Å²) in [6, 6.07) is 9.17. The highest BCUT2D eigenvalue weighted by Gasteiger charge is 2.53. The molecule has 0 unspecified atom stereocenters. The van der Waals surface area contributed by atoms with Gasteiger partial charge in [-0.1, -0.05) is 49.6 Å². The first-order valence-electron chi connectivity index (χ1n) is 10.7. The van der Waals surface area contributed by atoms with Gasteiger partial charge in [0.25, 0.3) is 0 Å². The summed E-state index contributed by atoms with van der Waals surface area (Å²) in [4.78, 5) is 0. The third kappa shape index (κ3) is 2.47. The Bertz CT molecular complexity index is 824. The number of hydrogen-bond acceptors (Lipinski definition) is 2. The van der Waals surface area contributed by atoms with Crippen LogP contribution in [0.5, 0.6) is 0 Å². The van der Waals surface area contributed by atoms with Gasteiger partial charge in [-0.25, -0.2) is 0 Å². The highest BCUT2D eigenvalue weighted by molar-refractivity contribution is 6.54. The molecule has 3 heteroatoms. The van der Waals surface area contributed by atoms with Crippen molar-refractivity contribution in [2.24, 2.45) is 0 Å². The van der Waals surface area contributed by atoms with Gasteiger partial charge in [0.15, 0.2) is 0 Å². The molecule has 27 heavy (non-hydrogen) atoms. The van der Waals surface area contributed by atoms with Gasteiger partial charge >= 0.3 is 7.12 Å². The third-order valence-corrected chi connectivity index (χ3v) is 7.86. The van der Waals surface area contributed by atoms with Crippen LogP contribution in [0.3, 0.4) is 0 Å². The molecular formula is C24H31BO2. The fraction of sp³-hybridized carbons (Fsp3) is 0.583. The van der Waals surface area contributed by atoms with E-state index < -0.39 is 0 Å². The van der Waals surface area contributed by atoms with Gasteiger partial charge in [-0.15, -0.1) is 0 Å². The second kappa shape index (κ2) is 5.84. The van der Waals surface area contributed by atoms with Crippen molar-refractivity contribution in [3.8, 4) is 0 Å². The van der Waals surface area contributed by atoms with E-state index in [4.69, 9.17) is 9.31 Å². The first-order chi connectivity index (χ1) is 12.8. The fourth-order valence-electron chi connectivity index (χ4n) is 5.64. The standard InChI is InChI=1S/C24H31BO2/c1-22(2)23(3,4)27-25(26-22)17-12-13-19-18-10-6-7-11-20(18)24(21(19)16-17)14-8-5-9-15-24/h6-7,10-11,16H,5,8-9,12-15H2,1-4H3. The van der Waals surface area contributed by atoms with E-state index in [9.17, 15) is 0 Å². The van der Waals surface area contributed by atoms with Crippen LogP contribution in [0.1, 0.15) is 83.8 Å². The molecule has 4 aliphatic rings. The lowest BCUT2D eigenvalue weighted by molar-refractivity contribution is 0.00578. The molecule has 1 aromatic carbocycles. The maximum Gasteiger partial charge on any atom is 0.490 e. The van der Waals surface area contributed by atoms with Crippen LogP contribution in [-0.2, 0) is 14.7 Å². The van der Waals surface area contributed by atoms with E-state index in [1.165, 1.54) is 43.1 Å². The Labute approximate surface area is 164 Å². The van der Waals surface area contributed by atoms with E-state index in [0.29, 0.717) is 0 Å². The Morgan fingerprint density at radius 3 is 2.22 bits per heavy atom. The van der Waals surface area contributed by atoms with Crippen molar-refractivity contribution >= 4 is 12.7 Å². The van der Waals surface area contributed by atoms with Gasteiger partial charge in [0.05, 0.1) is 11.2 Å². The lowest BCUT2D eigenvalue weighted by Crippen LogP contribution is -2.41. The summed E-state index contributed by atoms with van der Waals surface area (Å²) >= 11 is 0. The summed E-state index contributed by atoms with van der Waals surface area (Å²) in [5.74, 6) is 0. The van der Waals surface area contributed by atoms with E-state index in [1.807, 2.05) is 0 Å². The average Bonchev–Trinajstić information content (AvgIpc) is 3.04. The molecule has 5 rings (SSSR count). The zero-order valence-corrected chi connectivity index (χ0v) is 17.2.